The fraction of sp³-hybridized carbons (Fsp3) is 0.0800. The SMILES string of the molecule is Cc1cccc(N(CC(=O)N/N=C/c2cc3ccccc3nc2Cl)S(=O)(=O)c2ccccc2)c1. The van der Waals surface area contributed by atoms with Gasteiger partial charge in [-0.25, -0.2) is 18.8 Å². The Labute approximate surface area is 202 Å². The summed E-state index contributed by atoms with van der Waals surface area (Å²) < 4.78 is 27.7. The number of hydrogen-bond acceptors (Lipinski definition) is 5. The van der Waals surface area contributed by atoms with E-state index >= 15 is 0 Å². The summed E-state index contributed by atoms with van der Waals surface area (Å²) in [4.78, 5) is 17.1. The number of halogens is 1. The lowest BCUT2D eigenvalue weighted by Gasteiger charge is -2.24. The van der Waals surface area contributed by atoms with Crippen molar-refractivity contribution in [1.82, 2.24) is 10.4 Å². The van der Waals surface area contributed by atoms with E-state index in [4.69, 9.17) is 11.6 Å². The molecule has 0 fully saturated rings. The quantitative estimate of drug-likeness (QED) is 0.233. The highest BCUT2D eigenvalue weighted by Crippen LogP contribution is 2.24. The molecule has 0 saturated carbocycles. The van der Waals surface area contributed by atoms with Crippen LogP contribution in [-0.2, 0) is 14.8 Å². The van der Waals surface area contributed by atoms with E-state index in [1.165, 1.54) is 18.3 Å². The summed E-state index contributed by atoms with van der Waals surface area (Å²) >= 11 is 6.22. The lowest BCUT2D eigenvalue weighted by atomic mass is 10.2. The van der Waals surface area contributed by atoms with Crippen LogP contribution >= 0.6 is 11.6 Å². The summed E-state index contributed by atoms with van der Waals surface area (Å²) in [6.07, 6.45) is 1.38. The van der Waals surface area contributed by atoms with Crippen molar-refractivity contribution in [2.45, 2.75) is 11.8 Å². The third kappa shape index (κ3) is 5.24. The largest absolute Gasteiger partial charge is 0.271 e. The summed E-state index contributed by atoms with van der Waals surface area (Å²) in [6, 6.07) is 24.2. The fourth-order valence-electron chi connectivity index (χ4n) is 3.36. The molecule has 1 heterocycles. The number of aromatic nitrogens is 1. The molecule has 3 aromatic carbocycles. The van der Waals surface area contributed by atoms with Crippen molar-refractivity contribution in [1.29, 1.82) is 0 Å². The lowest BCUT2D eigenvalue weighted by Crippen LogP contribution is -2.39. The van der Waals surface area contributed by atoms with Gasteiger partial charge in [-0.3, -0.25) is 9.10 Å². The van der Waals surface area contributed by atoms with Crippen molar-refractivity contribution >= 4 is 50.3 Å². The number of pyridine rings is 1. The first kappa shape index (κ1) is 23.4. The number of anilines is 1. The Balaban J connectivity index is 1.56. The van der Waals surface area contributed by atoms with Crippen LogP contribution in [0.5, 0.6) is 0 Å². The van der Waals surface area contributed by atoms with Crippen molar-refractivity contribution in [2.24, 2.45) is 5.10 Å². The predicted octanol–water partition coefficient (Wildman–Crippen LogP) is 4.54. The molecule has 0 spiro atoms. The number of nitrogens with zero attached hydrogens (tertiary/aromatic N) is 3. The van der Waals surface area contributed by atoms with Crippen LogP contribution in [0.15, 0.2) is 94.9 Å². The molecule has 172 valence electrons. The summed E-state index contributed by atoms with van der Waals surface area (Å²) in [5.74, 6) is -0.609. The van der Waals surface area contributed by atoms with Crippen LogP contribution in [0.1, 0.15) is 11.1 Å². The maximum absolute atomic E-state index is 13.3. The zero-order valence-corrected chi connectivity index (χ0v) is 19.8. The predicted molar refractivity (Wildman–Crippen MR) is 135 cm³/mol. The normalized spacial score (nSPS) is 11.6. The van der Waals surface area contributed by atoms with Crippen LogP contribution in [-0.4, -0.2) is 32.1 Å². The number of hydrazone groups is 1. The molecule has 4 rings (SSSR count). The van der Waals surface area contributed by atoms with Crippen molar-refractivity contribution in [3.8, 4) is 0 Å². The number of amides is 1. The molecular formula is C25H21ClN4O3S. The summed E-state index contributed by atoms with van der Waals surface area (Å²) in [6.45, 7) is 1.39. The molecule has 0 radical (unpaired) electrons. The third-order valence-corrected chi connectivity index (χ3v) is 7.10. The van der Waals surface area contributed by atoms with E-state index in [-0.39, 0.29) is 10.0 Å². The third-order valence-electron chi connectivity index (χ3n) is 5.01. The number of carbonyl (C=O) groups is 1. The number of sulfonamides is 1. The van der Waals surface area contributed by atoms with Gasteiger partial charge in [0.15, 0.2) is 0 Å². The van der Waals surface area contributed by atoms with E-state index < -0.39 is 22.5 Å². The van der Waals surface area contributed by atoms with Gasteiger partial charge in [0.05, 0.1) is 22.3 Å². The molecule has 0 aliphatic heterocycles. The number of fused-ring (bicyclic) bond motifs is 1. The second kappa shape index (κ2) is 10.0. The average Bonchev–Trinajstić information content (AvgIpc) is 2.83. The Kier molecular flexibility index (Phi) is 6.90. The van der Waals surface area contributed by atoms with Gasteiger partial charge in [0.25, 0.3) is 15.9 Å². The Morgan fingerprint density at radius 1 is 1.03 bits per heavy atom. The number of rotatable bonds is 7. The van der Waals surface area contributed by atoms with Gasteiger partial charge in [-0.15, -0.1) is 0 Å². The van der Waals surface area contributed by atoms with Gasteiger partial charge >= 0.3 is 0 Å². The van der Waals surface area contributed by atoms with Crippen LogP contribution in [0.25, 0.3) is 10.9 Å². The molecular weight excluding hydrogens is 472 g/mol. The molecule has 0 aliphatic rings. The van der Waals surface area contributed by atoms with Crippen LogP contribution in [0.3, 0.4) is 0 Å². The molecule has 0 saturated heterocycles. The molecule has 0 atom stereocenters. The number of benzene rings is 3. The molecule has 1 amide bonds. The second-order valence-corrected chi connectivity index (χ2v) is 9.74. The van der Waals surface area contributed by atoms with Gasteiger partial charge in [-0.2, -0.15) is 5.10 Å². The molecule has 1 N–H and O–H groups in total. The van der Waals surface area contributed by atoms with Gasteiger partial charge in [0.2, 0.25) is 0 Å². The topological polar surface area (TPSA) is 91.7 Å². The number of hydrogen-bond donors (Lipinski definition) is 1. The minimum absolute atomic E-state index is 0.0850. The molecule has 0 bridgehead atoms. The Bertz CT molecular complexity index is 1470. The minimum atomic E-state index is -3.98. The van der Waals surface area contributed by atoms with Crippen LogP contribution in [0.4, 0.5) is 5.69 Å². The minimum Gasteiger partial charge on any atom is -0.271 e. The van der Waals surface area contributed by atoms with Gasteiger partial charge in [0.1, 0.15) is 11.7 Å². The summed E-state index contributed by atoms with van der Waals surface area (Å²) in [7, 11) is -3.98. The molecule has 4 aromatic rings. The van der Waals surface area contributed by atoms with Gasteiger partial charge < -0.3 is 0 Å². The van der Waals surface area contributed by atoms with Crippen molar-refractivity contribution < 1.29 is 13.2 Å². The first-order chi connectivity index (χ1) is 16.3. The number of aryl methyl sites for hydroxylation is 1. The van der Waals surface area contributed by atoms with Crippen molar-refractivity contribution in [3.05, 3.63) is 101 Å². The van der Waals surface area contributed by atoms with E-state index in [1.807, 2.05) is 37.3 Å². The van der Waals surface area contributed by atoms with E-state index in [1.54, 1.807) is 42.5 Å². The molecule has 0 unspecified atom stereocenters. The van der Waals surface area contributed by atoms with Gasteiger partial charge in [0, 0.05) is 10.9 Å². The Morgan fingerprint density at radius 3 is 2.53 bits per heavy atom. The van der Waals surface area contributed by atoms with E-state index in [2.05, 4.69) is 15.5 Å². The molecule has 34 heavy (non-hydrogen) atoms. The van der Waals surface area contributed by atoms with Crippen LogP contribution in [0.2, 0.25) is 5.15 Å². The number of nitrogens with one attached hydrogen (secondary N) is 1. The standard InChI is InChI=1S/C25H21ClN4O3S/c1-18-8-7-10-21(14-18)30(34(32,33)22-11-3-2-4-12-22)17-24(31)29-27-16-20-15-19-9-5-6-13-23(19)28-25(20)26/h2-16H,17H2,1H3,(H,29,31)/b27-16+. The number of para-hydroxylation sites is 1. The molecule has 7 nitrogen and oxygen atoms in total. The van der Waals surface area contributed by atoms with E-state index in [0.29, 0.717) is 11.3 Å². The summed E-state index contributed by atoms with van der Waals surface area (Å²) in [5, 5.41) is 5.07. The maximum Gasteiger partial charge on any atom is 0.264 e. The molecule has 9 heteroatoms. The van der Waals surface area contributed by atoms with Crippen LogP contribution in [0, 0.1) is 6.92 Å². The van der Waals surface area contributed by atoms with Gasteiger partial charge in [-0.05, 0) is 48.9 Å². The highest BCUT2D eigenvalue weighted by atomic mass is 35.5. The van der Waals surface area contributed by atoms with Crippen molar-refractivity contribution in [3.63, 3.8) is 0 Å². The summed E-state index contributed by atoms with van der Waals surface area (Å²) in [5.41, 5.74) is 4.89. The lowest BCUT2D eigenvalue weighted by molar-refractivity contribution is -0.119. The Hall–Kier alpha value is -3.75. The smallest absolute Gasteiger partial charge is 0.264 e. The second-order valence-electron chi connectivity index (χ2n) is 7.52. The zero-order chi connectivity index (χ0) is 24.1. The highest BCUT2D eigenvalue weighted by Gasteiger charge is 2.27. The molecule has 0 aliphatic carbocycles. The molecule has 1 aromatic heterocycles. The maximum atomic E-state index is 13.3. The van der Waals surface area contributed by atoms with E-state index in [9.17, 15) is 13.2 Å². The highest BCUT2D eigenvalue weighted by molar-refractivity contribution is 7.92. The first-order valence-electron chi connectivity index (χ1n) is 10.4. The fourth-order valence-corrected chi connectivity index (χ4v) is 4.99. The monoisotopic (exact) mass is 492 g/mol. The van der Waals surface area contributed by atoms with Crippen LogP contribution < -0.4 is 9.73 Å². The average molecular weight is 493 g/mol. The van der Waals surface area contributed by atoms with Crippen molar-refractivity contribution in [2.75, 3.05) is 10.8 Å². The number of carbonyl (C=O) groups excluding carboxylic acids is 1. The first-order valence-corrected chi connectivity index (χ1v) is 12.2. The Morgan fingerprint density at radius 2 is 1.76 bits per heavy atom. The zero-order valence-electron chi connectivity index (χ0n) is 18.2. The van der Waals surface area contributed by atoms with Gasteiger partial charge in [-0.1, -0.05) is 60.1 Å². The van der Waals surface area contributed by atoms with E-state index in [0.717, 1.165) is 20.8 Å².